The van der Waals surface area contributed by atoms with Crippen molar-refractivity contribution in [3.05, 3.63) is 35.4 Å². The van der Waals surface area contributed by atoms with Gasteiger partial charge in [-0.3, -0.25) is 4.79 Å². The van der Waals surface area contributed by atoms with E-state index in [-0.39, 0.29) is 12.0 Å². The minimum absolute atomic E-state index is 0.0553. The Morgan fingerprint density at radius 3 is 2.64 bits per heavy atom. The third-order valence-corrected chi connectivity index (χ3v) is 4.54. The van der Waals surface area contributed by atoms with E-state index >= 15 is 0 Å². The summed E-state index contributed by atoms with van der Waals surface area (Å²) in [6.07, 6.45) is 2.02. The average molecular weight is 347 g/mol. The number of nitrogens with one attached hydrogen (secondary N) is 2. The highest BCUT2D eigenvalue weighted by atomic mass is 16.6. The fraction of sp³-hybridized carbons (Fsp3) is 0.579. The van der Waals surface area contributed by atoms with Crippen LogP contribution in [-0.2, 0) is 16.1 Å². The minimum atomic E-state index is -0.225. The summed E-state index contributed by atoms with van der Waals surface area (Å²) < 4.78 is 5.01. The Labute approximate surface area is 149 Å². The highest BCUT2D eigenvalue weighted by Crippen LogP contribution is 2.11. The third-order valence-electron chi connectivity index (χ3n) is 4.54. The second-order valence-corrected chi connectivity index (χ2v) is 6.37. The molecular weight excluding hydrogens is 318 g/mol. The van der Waals surface area contributed by atoms with Gasteiger partial charge >= 0.3 is 6.09 Å². The monoisotopic (exact) mass is 347 g/mol. The first kappa shape index (κ1) is 19.2. The predicted octanol–water partition coefficient (Wildman–Crippen LogP) is 2.21. The quantitative estimate of drug-likeness (QED) is 0.793. The number of carbonyl (C=O) groups excluding carboxylic acids is 2. The second kappa shape index (κ2) is 10.0. The van der Waals surface area contributed by atoms with Crippen LogP contribution in [0, 0.1) is 6.92 Å². The van der Waals surface area contributed by atoms with Gasteiger partial charge in [0.25, 0.3) is 0 Å². The standard InChI is InChI=1S/C19H29N3O3/c1-3-25-19(24)22-12-9-17(10-13-22)20-11-8-18(23)21-14-16-7-5-4-6-15(16)2/h4-7,17,20H,3,8-14H2,1-2H3,(H,21,23). The Morgan fingerprint density at radius 2 is 1.96 bits per heavy atom. The van der Waals surface area contributed by atoms with Gasteiger partial charge in [0.05, 0.1) is 6.61 Å². The van der Waals surface area contributed by atoms with E-state index in [0.717, 1.165) is 18.4 Å². The summed E-state index contributed by atoms with van der Waals surface area (Å²) in [6.45, 7) is 6.91. The van der Waals surface area contributed by atoms with Crippen molar-refractivity contribution >= 4 is 12.0 Å². The number of piperidine rings is 1. The van der Waals surface area contributed by atoms with Gasteiger partial charge in [0, 0.05) is 38.6 Å². The van der Waals surface area contributed by atoms with Crippen LogP contribution in [0.4, 0.5) is 4.79 Å². The first-order chi connectivity index (χ1) is 12.1. The summed E-state index contributed by atoms with van der Waals surface area (Å²) in [7, 11) is 0. The van der Waals surface area contributed by atoms with Gasteiger partial charge in [-0.2, -0.15) is 0 Å². The van der Waals surface area contributed by atoms with Gasteiger partial charge in [0.1, 0.15) is 0 Å². The molecule has 6 heteroatoms. The molecule has 2 amide bonds. The normalized spacial score (nSPS) is 15.0. The van der Waals surface area contributed by atoms with Crippen molar-refractivity contribution in [3.63, 3.8) is 0 Å². The molecule has 1 heterocycles. The highest BCUT2D eigenvalue weighted by Gasteiger charge is 2.23. The van der Waals surface area contributed by atoms with Crippen LogP contribution < -0.4 is 10.6 Å². The predicted molar refractivity (Wildman–Crippen MR) is 97.3 cm³/mol. The Hall–Kier alpha value is -2.08. The summed E-state index contributed by atoms with van der Waals surface area (Å²) >= 11 is 0. The fourth-order valence-electron chi connectivity index (χ4n) is 2.96. The van der Waals surface area contributed by atoms with E-state index in [1.165, 1.54) is 5.56 Å². The largest absolute Gasteiger partial charge is 0.450 e. The zero-order chi connectivity index (χ0) is 18.1. The number of hydrogen-bond donors (Lipinski definition) is 2. The minimum Gasteiger partial charge on any atom is -0.450 e. The lowest BCUT2D eigenvalue weighted by Crippen LogP contribution is -2.45. The number of aryl methyl sites for hydroxylation is 1. The number of benzene rings is 1. The van der Waals surface area contributed by atoms with Crippen molar-refractivity contribution in [1.29, 1.82) is 0 Å². The van der Waals surface area contributed by atoms with Gasteiger partial charge < -0.3 is 20.3 Å². The number of likely N-dealkylation sites (tertiary alicyclic amines) is 1. The summed E-state index contributed by atoms with van der Waals surface area (Å²) in [6, 6.07) is 8.42. The maximum absolute atomic E-state index is 12.0. The molecule has 1 fully saturated rings. The summed E-state index contributed by atoms with van der Waals surface area (Å²) in [4.78, 5) is 25.4. The van der Waals surface area contributed by atoms with E-state index < -0.39 is 0 Å². The molecule has 1 aliphatic rings. The molecule has 0 unspecified atom stereocenters. The highest BCUT2D eigenvalue weighted by molar-refractivity contribution is 5.76. The third kappa shape index (κ3) is 6.38. The van der Waals surface area contributed by atoms with Gasteiger partial charge in [-0.25, -0.2) is 4.79 Å². The number of rotatable bonds is 7. The van der Waals surface area contributed by atoms with E-state index in [1.807, 2.05) is 38.1 Å². The van der Waals surface area contributed by atoms with Crippen LogP contribution in [0.1, 0.15) is 37.3 Å². The van der Waals surface area contributed by atoms with Crippen LogP contribution in [0.25, 0.3) is 0 Å². The lowest BCUT2D eigenvalue weighted by molar-refractivity contribution is -0.121. The summed E-state index contributed by atoms with van der Waals surface area (Å²) in [5.74, 6) is 0.0553. The zero-order valence-corrected chi connectivity index (χ0v) is 15.2. The second-order valence-electron chi connectivity index (χ2n) is 6.37. The lowest BCUT2D eigenvalue weighted by atomic mass is 10.1. The molecule has 25 heavy (non-hydrogen) atoms. The maximum atomic E-state index is 12.0. The van der Waals surface area contributed by atoms with E-state index in [9.17, 15) is 9.59 Å². The summed E-state index contributed by atoms with van der Waals surface area (Å²) in [5.41, 5.74) is 2.34. The van der Waals surface area contributed by atoms with E-state index in [1.54, 1.807) is 4.90 Å². The topological polar surface area (TPSA) is 70.7 Å². The molecule has 2 rings (SSSR count). The van der Waals surface area contributed by atoms with E-state index in [0.29, 0.717) is 45.2 Å². The molecule has 1 aromatic rings. The average Bonchev–Trinajstić information content (AvgIpc) is 2.62. The molecular formula is C19H29N3O3. The van der Waals surface area contributed by atoms with E-state index in [2.05, 4.69) is 10.6 Å². The first-order valence-electron chi connectivity index (χ1n) is 9.06. The van der Waals surface area contributed by atoms with Crippen molar-refractivity contribution in [3.8, 4) is 0 Å². The van der Waals surface area contributed by atoms with Crippen LogP contribution in [0.2, 0.25) is 0 Å². The Balaban J connectivity index is 1.59. The number of ether oxygens (including phenoxy) is 1. The van der Waals surface area contributed by atoms with E-state index in [4.69, 9.17) is 4.74 Å². The van der Waals surface area contributed by atoms with Gasteiger partial charge in [0.2, 0.25) is 5.91 Å². The molecule has 138 valence electrons. The van der Waals surface area contributed by atoms with Gasteiger partial charge in [-0.05, 0) is 37.8 Å². The SMILES string of the molecule is CCOC(=O)N1CCC(NCCC(=O)NCc2ccccc2C)CC1. The van der Waals surface area contributed by atoms with Crippen molar-refractivity contribution in [2.75, 3.05) is 26.2 Å². The molecule has 0 spiro atoms. The first-order valence-corrected chi connectivity index (χ1v) is 9.06. The van der Waals surface area contributed by atoms with Crippen LogP contribution in [0.3, 0.4) is 0 Å². The Bertz CT molecular complexity index is 569. The van der Waals surface area contributed by atoms with Crippen molar-refractivity contribution in [2.45, 2.75) is 45.7 Å². The Kier molecular flexibility index (Phi) is 7.73. The Morgan fingerprint density at radius 1 is 1.24 bits per heavy atom. The van der Waals surface area contributed by atoms with Gasteiger partial charge in [-0.15, -0.1) is 0 Å². The molecule has 0 bridgehead atoms. The molecule has 1 aliphatic heterocycles. The molecule has 0 saturated carbocycles. The number of nitrogens with zero attached hydrogens (tertiary/aromatic N) is 1. The maximum Gasteiger partial charge on any atom is 0.409 e. The van der Waals surface area contributed by atoms with Crippen molar-refractivity contribution < 1.29 is 14.3 Å². The fourth-order valence-corrected chi connectivity index (χ4v) is 2.96. The number of amides is 2. The number of hydrogen-bond acceptors (Lipinski definition) is 4. The van der Waals surface area contributed by atoms with Crippen molar-refractivity contribution in [2.24, 2.45) is 0 Å². The molecule has 1 aromatic carbocycles. The lowest BCUT2D eigenvalue weighted by Gasteiger charge is -2.31. The van der Waals surface area contributed by atoms with Gasteiger partial charge in [0.15, 0.2) is 0 Å². The molecule has 2 N–H and O–H groups in total. The molecule has 0 atom stereocenters. The van der Waals surface area contributed by atoms with Crippen LogP contribution in [0.5, 0.6) is 0 Å². The van der Waals surface area contributed by atoms with Crippen molar-refractivity contribution in [1.82, 2.24) is 15.5 Å². The van der Waals surface area contributed by atoms with Gasteiger partial charge in [-0.1, -0.05) is 24.3 Å². The molecule has 0 aliphatic carbocycles. The zero-order valence-electron chi connectivity index (χ0n) is 15.2. The molecule has 1 saturated heterocycles. The van der Waals surface area contributed by atoms with Crippen LogP contribution >= 0.6 is 0 Å². The number of carbonyl (C=O) groups is 2. The van der Waals surface area contributed by atoms with Crippen LogP contribution in [0.15, 0.2) is 24.3 Å². The molecule has 0 aromatic heterocycles. The molecule has 6 nitrogen and oxygen atoms in total. The van der Waals surface area contributed by atoms with Crippen LogP contribution in [-0.4, -0.2) is 49.2 Å². The summed E-state index contributed by atoms with van der Waals surface area (Å²) in [5, 5.41) is 6.38. The smallest absolute Gasteiger partial charge is 0.409 e. The molecule has 0 radical (unpaired) electrons.